The predicted octanol–water partition coefficient (Wildman–Crippen LogP) is 2.50. The molecule has 1 N–H and O–H groups in total. The zero-order valence-corrected chi connectivity index (χ0v) is 16.4. The van der Waals surface area contributed by atoms with Crippen LogP contribution in [-0.2, 0) is 21.4 Å². The van der Waals surface area contributed by atoms with Gasteiger partial charge in [-0.2, -0.15) is 0 Å². The summed E-state index contributed by atoms with van der Waals surface area (Å²) in [4.78, 5) is 40.6. The van der Waals surface area contributed by atoms with Gasteiger partial charge in [0.25, 0.3) is 0 Å². The summed E-state index contributed by atoms with van der Waals surface area (Å²) in [5.41, 5.74) is 2.07. The van der Waals surface area contributed by atoms with E-state index in [4.69, 9.17) is 4.74 Å². The van der Waals surface area contributed by atoms with Gasteiger partial charge >= 0.3 is 11.8 Å². The minimum absolute atomic E-state index is 0.0777. The van der Waals surface area contributed by atoms with Crippen LogP contribution in [0.4, 0.5) is 5.82 Å². The molecular weight excluding hydrogens is 364 g/mol. The zero-order chi connectivity index (χ0) is 20.6. The maximum Gasteiger partial charge on any atom is 0.342 e. The second-order valence-corrected chi connectivity index (χ2v) is 7.55. The van der Waals surface area contributed by atoms with Gasteiger partial charge in [0, 0.05) is 23.4 Å². The lowest BCUT2D eigenvalue weighted by molar-refractivity contribution is -0.391. The Bertz CT molecular complexity index is 909. The van der Waals surface area contributed by atoms with Gasteiger partial charge in [0.1, 0.15) is 12.1 Å². The second-order valence-electron chi connectivity index (χ2n) is 7.55. The molecule has 0 fully saturated rings. The van der Waals surface area contributed by atoms with Gasteiger partial charge in [-0.1, -0.05) is 13.8 Å². The Balaban J connectivity index is 2.13. The molecule has 0 spiro atoms. The summed E-state index contributed by atoms with van der Waals surface area (Å²) in [6, 6.07) is 0. The number of hydrogen-bond donors (Lipinski definition) is 1. The van der Waals surface area contributed by atoms with Crippen LogP contribution >= 0.6 is 0 Å². The molecular formula is C19H24N4O5. The number of hydrogen-bond acceptors (Lipinski definition) is 7. The van der Waals surface area contributed by atoms with Crippen LogP contribution in [0.3, 0.4) is 0 Å². The third kappa shape index (κ3) is 3.44. The third-order valence-electron chi connectivity index (χ3n) is 4.99. The van der Waals surface area contributed by atoms with E-state index in [1.165, 1.54) is 11.6 Å². The standard InChI is InChI=1S/C19H24N4O5/c1-10(2)9-28-19(25)15-11(3)21-12-6-5-7-13(24)16(12)17(15)18-20-8-14(22(18)4)23(26)27/h8,10,17,21H,5-7,9H2,1-4H3. The van der Waals surface area contributed by atoms with Gasteiger partial charge in [-0.15, -0.1) is 0 Å². The summed E-state index contributed by atoms with van der Waals surface area (Å²) in [6.45, 7) is 5.85. The van der Waals surface area contributed by atoms with Crippen LogP contribution in [0.2, 0.25) is 0 Å². The molecule has 9 nitrogen and oxygen atoms in total. The van der Waals surface area contributed by atoms with E-state index < -0.39 is 16.8 Å². The number of nitrogens with zero attached hydrogens (tertiary/aromatic N) is 3. The Kier molecular flexibility index (Phi) is 5.35. The molecule has 1 aliphatic carbocycles. The van der Waals surface area contributed by atoms with Crippen molar-refractivity contribution < 1.29 is 19.2 Å². The third-order valence-corrected chi connectivity index (χ3v) is 4.99. The van der Waals surface area contributed by atoms with E-state index in [0.29, 0.717) is 24.1 Å². The fourth-order valence-corrected chi connectivity index (χ4v) is 3.68. The van der Waals surface area contributed by atoms with Crippen LogP contribution in [0.5, 0.6) is 0 Å². The van der Waals surface area contributed by atoms with Crippen LogP contribution < -0.4 is 5.32 Å². The number of nitro groups is 1. The van der Waals surface area contributed by atoms with Crippen molar-refractivity contribution in [3.8, 4) is 0 Å². The molecule has 0 saturated heterocycles. The lowest BCUT2D eigenvalue weighted by Gasteiger charge is -2.32. The Labute approximate surface area is 162 Å². The Morgan fingerprint density at radius 1 is 1.46 bits per heavy atom. The van der Waals surface area contributed by atoms with Crippen LogP contribution in [0.25, 0.3) is 0 Å². The molecule has 1 atom stereocenters. The molecule has 2 heterocycles. The molecule has 150 valence electrons. The zero-order valence-electron chi connectivity index (χ0n) is 16.4. The van der Waals surface area contributed by atoms with E-state index in [1.807, 2.05) is 13.8 Å². The fourth-order valence-electron chi connectivity index (χ4n) is 3.68. The SMILES string of the molecule is CC1=C(C(=O)OCC(C)C)C(c2ncc([N+](=O)[O-])n2C)C2=C(CCCC2=O)N1. The first-order valence-corrected chi connectivity index (χ1v) is 9.29. The Morgan fingerprint density at radius 3 is 2.79 bits per heavy atom. The highest BCUT2D eigenvalue weighted by Gasteiger charge is 2.43. The van der Waals surface area contributed by atoms with Gasteiger partial charge in [-0.25, -0.2) is 14.3 Å². The van der Waals surface area contributed by atoms with Crippen molar-refractivity contribution >= 4 is 17.6 Å². The number of nitrogens with one attached hydrogen (secondary N) is 1. The number of ether oxygens (including phenoxy) is 1. The number of dihydropyridines is 1. The molecule has 9 heteroatoms. The molecule has 2 aliphatic rings. The maximum absolute atomic E-state index is 12.9. The van der Waals surface area contributed by atoms with Crippen LogP contribution in [0.15, 0.2) is 28.7 Å². The highest BCUT2D eigenvalue weighted by molar-refractivity contribution is 6.03. The average molecular weight is 388 g/mol. The van der Waals surface area contributed by atoms with Crippen molar-refractivity contribution in [1.29, 1.82) is 0 Å². The quantitative estimate of drug-likeness (QED) is 0.468. The number of aromatic nitrogens is 2. The van der Waals surface area contributed by atoms with E-state index in [0.717, 1.165) is 18.3 Å². The van der Waals surface area contributed by atoms with Gasteiger partial charge in [0.05, 0.1) is 19.2 Å². The molecule has 0 saturated carbocycles. The topological polar surface area (TPSA) is 116 Å². The van der Waals surface area contributed by atoms with Gasteiger partial charge in [-0.3, -0.25) is 4.79 Å². The second kappa shape index (κ2) is 7.57. The minimum Gasteiger partial charge on any atom is -0.462 e. The first-order chi connectivity index (χ1) is 13.2. The molecule has 1 aromatic heterocycles. The van der Waals surface area contributed by atoms with Crippen molar-refractivity contribution in [3.05, 3.63) is 44.7 Å². The van der Waals surface area contributed by atoms with Crippen LogP contribution in [0, 0.1) is 16.0 Å². The molecule has 1 aliphatic heterocycles. The molecule has 1 aromatic rings. The van der Waals surface area contributed by atoms with Gasteiger partial charge < -0.3 is 20.2 Å². The van der Waals surface area contributed by atoms with Crippen molar-refractivity contribution in [2.45, 2.75) is 46.0 Å². The Hall–Kier alpha value is -2.97. The molecule has 28 heavy (non-hydrogen) atoms. The summed E-state index contributed by atoms with van der Waals surface area (Å²) < 4.78 is 6.76. The van der Waals surface area contributed by atoms with E-state index in [9.17, 15) is 19.7 Å². The van der Waals surface area contributed by atoms with Crippen molar-refractivity contribution in [1.82, 2.24) is 14.9 Å². The summed E-state index contributed by atoms with van der Waals surface area (Å²) in [5, 5.41) is 14.5. The predicted molar refractivity (Wildman–Crippen MR) is 100 cm³/mol. The molecule has 0 radical (unpaired) electrons. The normalized spacial score (nSPS) is 19.6. The monoisotopic (exact) mass is 388 g/mol. The van der Waals surface area contributed by atoms with Crippen molar-refractivity contribution in [2.24, 2.45) is 13.0 Å². The molecule has 0 aromatic carbocycles. The lowest BCUT2D eigenvalue weighted by atomic mass is 9.78. The van der Waals surface area contributed by atoms with Crippen LogP contribution in [-0.4, -0.2) is 32.8 Å². The molecule has 0 amide bonds. The van der Waals surface area contributed by atoms with E-state index >= 15 is 0 Å². The number of rotatable bonds is 5. The van der Waals surface area contributed by atoms with Gasteiger partial charge in [-0.05, 0) is 30.6 Å². The number of carbonyl (C=O) groups is 2. The maximum atomic E-state index is 12.9. The van der Waals surface area contributed by atoms with E-state index in [-0.39, 0.29) is 35.5 Å². The fraction of sp³-hybridized carbons (Fsp3) is 0.526. The number of ketones is 1. The molecule has 1 unspecified atom stereocenters. The lowest BCUT2D eigenvalue weighted by Crippen LogP contribution is -2.35. The summed E-state index contributed by atoms with van der Waals surface area (Å²) in [7, 11) is 1.52. The first kappa shape index (κ1) is 19.8. The number of esters is 1. The van der Waals surface area contributed by atoms with Crippen molar-refractivity contribution in [2.75, 3.05) is 6.61 Å². The Morgan fingerprint density at radius 2 is 2.18 bits per heavy atom. The molecule has 3 rings (SSSR count). The van der Waals surface area contributed by atoms with Gasteiger partial charge in [0.15, 0.2) is 5.78 Å². The highest BCUT2D eigenvalue weighted by Crippen LogP contribution is 2.42. The van der Waals surface area contributed by atoms with Crippen LogP contribution in [0.1, 0.15) is 51.8 Å². The summed E-state index contributed by atoms with van der Waals surface area (Å²) in [5.74, 6) is -1.17. The largest absolute Gasteiger partial charge is 0.462 e. The number of carbonyl (C=O) groups excluding carboxylic acids is 2. The van der Waals surface area contributed by atoms with E-state index in [1.54, 1.807) is 6.92 Å². The molecule has 0 bridgehead atoms. The average Bonchev–Trinajstić information content (AvgIpc) is 3.00. The number of Topliss-reactive ketones (excluding diaryl/α,β-unsaturated/α-hetero) is 1. The smallest absolute Gasteiger partial charge is 0.342 e. The number of allylic oxidation sites excluding steroid dienone is 3. The summed E-state index contributed by atoms with van der Waals surface area (Å²) >= 11 is 0. The van der Waals surface area contributed by atoms with Gasteiger partial charge in [0.2, 0.25) is 5.82 Å². The summed E-state index contributed by atoms with van der Waals surface area (Å²) in [6.07, 6.45) is 2.92. The highest BCUT2D eigenvalue weighted by atomic mass is 16.6. The first-order valence-electron chi connectivity index (χ1n) is 9.29. The van der Waals surface area contributed by atoms with Crippen molar-refractivity contribution in [3.63, 3.8) is 0 Å². The van der Waals surface area contributed by atoms with E-state index in [2.05, 4.69) is 10.3 Å². The number of imidazole rings is 1. The minimum atomic E-state index is -0.789.